The largest absolute Gasteiger partial charge is 0.290 e. The fourth-order valence-corrected chi connectivity index (χ4v) is 4.62. The van der Waals surface area contributed by atoms with Gasteiger partial charge in [0.05, 0.1) is 0 Å². The predicted octanol–water partition coefficient (Wildman–Crippen LogP) is 11.9. The van der Waals surface area contributed by atoms with Gasteiger partial charge in [-0.15, -0.1) is 0 Å². The molecule has 0 N–H and O–H groups in total. The zero-order chi connectivity index (χ0) is 37.9. The molecule has 0 saturated carbocycles. The standard InChI is InChI=1S/3C17H14O.Pt/c3*18-17(13-11-15-7-3-1-4-8-15)14-12-16-9-5-2-6-10-16;/h3*1-14H;. The van der Waals surface area contributed by atoms with Crippen LogP contribution in [0.3, 0.4) is 0 Å². The van der Waals surface area contributed by atoms with Gasteiger partial charge in [-0.3, -0.25) is 14.4 Å². The Morgan fingerprint density at radius 1 is 0.236 bits per heavy atom. The first-order valence-electron chi connectivity index (χ1n) is 17.5. The number of benzene rings is 6. The van der Waals surface area contributed by atoms with Gasteiger partial charge in [0.25, 0.3) is 0 Å². The second-order valence-corrected chi connectivity index (χ2v) is 11.7. The molecule has 0 unspecified atom stereocenters. The molecule has 6 rings (SSSR count). The van der Waals surface area contributed by atoms with Crippen LogP contribution in [0.15, 0.2) is 218 Å². The van der Waals surface area contributed by atoms with Crippen molar-refractivity contribution in [1.82, 2.24) is 0 Å². The Kier molecular flexibility index (Phi) is 20.5. The summed E-state index contributed by atoms with van der Waals surface area (Å²) in [5.41, 5.74) is 6.16. The van der Waals surface area contributed by atoms with Crippen molar-refractivity contribution in [3.05, 3.63) is 252 Å². The van der Waals surface area contributed by atoms with Gasteiger partial charge >= 0.3 is 0 Å². The Morgan fingerprint density at radius 3 is 0.491 bits per heavy atom. The fourth-order valence-electron chi connectivity index (χ4n) is 4.62. The SMILES string of the molecule is O=C(C=Cc1ccccc1)C=Cc1ccccc1.O=C(C=Cc1ccccc1)C=Cc1ccccc1.O=C(C=Cc1ccccc1)C=Cc1ccccc1.[Pt]. The zero-order valence-corrected chi connectivity index (χ0v) is 32.6. The van der Waals surface area contributed by atoms with Crippen molar-refractivity contribution in [1.29, 1.82) is 0 Å². The van der Waals surface area contributed by atoms with Crippen molar-refractivity contribution < 1.29 is 35.4 Å². The molecule has 0 amide bonds. The summed E-state index contributed by atoms with van der Waals surface area (Å²) in [5, 5.41) is 0. The smallest absolute Gasteiger partial charge is 0.178 e. The monoisotopic (exact) mass is 897 g/mol. The normalized spacial score (nSPS) is 10.9. The van der Waals surface area contributed by atoms with E-state index < -0.39 is 0 Å². The summed E-state index contributed by atoms with van der Waals surface area (Å²) in [6.07, 6.45) is 20.4. The van der Waals surface area contributed by atoms with E-state index >= 15 is 0 Å². The molecule has 274 valence electrons. The molecule has 4 heteroatoms. The van der Waals surface area contributed by atoms with Crippen LogP contribution in [0.2, 0.25) is 0 Å². The first-order chi connectivity index (χ1) is 26.5. The quantitative estimate of drug-likeness (QED) is 0.115. The van der Waals surface area contributed by atoms with E-state index in [4.69, 9.17) is 0 Å². The number of ketones is 3. The average Bonchev–Trinajstić information content (AvgIpc) is 3.24. The summed E-state index contributed by atoms with van der Waals surface area (Å²) >= 11 is 0. The number of carbonyl (C=O) groups is 3. The van der Waals surface area contributed by atoms with Gasteiger partial charge in [0.2, 0.25) is 0 Å². The molecule has 0 atom stereocenters. The van der Waals surface area contributed by atoms with Crippen LogP contribution in [-0.2, 0) is 35.4 Å². The number of rotatable bonds is 12. The van der Waals surface area contributed by atoms with E-state index in [1.807, 2.05) is 218 Å². The minimum absolute atomic E-state index is 0. The van der Waals surface area contributed by atoms with E-state index in [2.05, 4.69) is 0 Å². The van der Waals surface area contributed by atoms with Crippen LogP contribution < -0.4 is 0 Å². The number of hydrogen-bond donors (Lipinski definition) is 0. The van der Waals surface area contributed by atoms with Crippen LogP contribution in [0, 0.1) is 0 Å². The second-order valence-electron chi connectivity index (χ2n) is 11.7. The third-order valence-corrected chi connectivity index (χ3v) is 7.44. The zero-order valence-electron chi connectivity index (χ0n) is 30.3. The van der Waals surface area contributed by atoms with Gasteiger partial charge in [0.15, 0.2) is 17.3 Å². The Labute approximate surface area is 339 Å². The molecule has 0 saturated heterocycles. The molecule has 0 spiro atoms. The van der Waals surface area contributed by atoms with Gasteiger partial charge in [-0.05, 0) is 69.8 Å². The minimum Gasteiger partial charge on any atom is -0.290 e. The maximum Gasteiger partial charge on any atom is 0.178 e. The summed E-state index contributed by atoms with van der Waals surface area (Å²) in [4.78, 5) is 34.8. The van der Waals surface area contributed by atoms with E-state index in [0.29, 0.717) is 0 Å². The van der Waals surface area contributed by atoms with Crippen LogP contribution in [0.25, 0.3) is 36.5 Å². The minimum atomic E-state index is -0.0114. The van der Waals surface area contributed by atoms with Crippen molar-refractivity contribution in [3.63, 3.8) is 0 Å². The summed E-state index contributed by atoms with van der Waals surface area (Å²) in [6.45, 7) is 0. The average molecular weight is 898 g/mol. The van der Waals surface area contributed by atoms with Gasteiger partial charge in [0.1, 0.15) is 0 Å². The molecule has 0 radical (unpaired) electrons. The van der Waals surface area contributed by atoms with Crippen molar-refractivity contribution in [2.75, 3.05) is 0 Å². The third-order valence-electron chi connectivity index (χ3n) is 7.44. The fraction of sp³-hybridized carbons (Fsp3) is 0. The van der Waals surface area contributed by atoms with Crippen LogP contribution >= 0.6 is 0 Å². The van der Waals surface area contributed by atoms with Gasteiger partial charge in [-0.2, -0.15) is 0 Å². The van der Waals surface area contributed by atoms with Crippen molar-refractivity contribution in [2.24, 2.45) is 0 Å². The second kappa shape index (κ2) is 26.3. The summed E-state index contributed by atoms with van der Waals surface area (Å²) in [6, 6.07) is 58.7. The van der Waals surface area contributed by atoms with E-state index in [1.165, 1.54) is 0 Å². The molecule has 0 aliphatic heterocycles. The molecular formula is C51H42O3Pt. The first kappa shape index (κ1) is 42.9. The third kappa shape index (κ3) is 19.2. The van der Waals surface area contributed by atoms with E-state index in [1.54, 1.807) is 36.5 Å². The molecule has 0 fully saturated rings. The molecule has 0 heterocycles. The summed E-state index contributed by atoms with van der Waals surface area (Å²) in [5.74, 6) is -0.0341. The van der Waals surface area contributed by atoms with E-state index in [-0.39, 0.29) is 38.4 Å². The molecule has 55 heavy (non-hydrogen) atoms. The van der Waals surface area contributed by atoms with Crippen LogP contribution in [0.4, 0.5) is 0 Å². The molecule has 0 bridgehead atoms. The molecule has 6 aromatic carbocycles. The number of hydrogen-bond acceptors (Lipinski definition) is 3. The van der Waals surface area contributed by atoms with Gasteiger partial charge in [-0.1, -0.05) is 218 Å². The first-order valence-corrected chi connectivity index (χ1v) is 17.5. The molecule has 3 nitrogen and oxygen atoms in total. The summed E-state index contributed by atoms with van der Waals surface area (Å²) < 4.78 is 0. The van der Waals surface area contributed by atoms with Crippen molar-refractivity contribution in [2.45, 2.75) is 0 Å². The van der Waals surface area contributed by atoms with Crippen molar-refractivity contribution >= 4 is 53.8 Å². The van der Waals surface area contributed by atoms with E-state index in [0.717, 1.165) is 33.4 Å². The molecule has 0 aliphatic carbocycles. The van der Waals surface area contributed by atoms with Crippen LogP contribution in [0.5, 0.6) is 0 Å². The van der Waals surface area contributed by atoms with Gasteiger partial charge < -0.3 is 0 Å². The Hall–Kier alpha value is -6.54. The van der Waals surface area contributed by atoms with Gasteiger partial charge in [-0.25, -0.2) is 0 Å². The van der Waals surface area contributed by atoms with Crippen LogP contribution in [-0.4, -0.2) is 17.3 Å². The maximum atomic E-state index is 11.6. The topological polar surface area (TPSA) is 51.2 Å². The number of allylic oxidation sites excluding steroid dienone is 6. The Bertz CT molecular complexity index is 1760. The molecule has 0 aliphatic rings. The van der Waals surface area contributed by atoms with Gasteiger partial charge in [0, 0.05) is 21.1 Å². The molecule has 0 aromatic heterocycles. The predicted molar refractivity (Wildman–Crippen MR) is 228 cm³/mol. The molecule has 6 aromatic rings. The Balaban J connectivity index is 0.000000220. The van der Waals surface area contributed by atoms with E-state index in [9.17, 15) is 14.4 Å². The Morgan fingerprint density at radius 2 is 0.364 bits per heavy atom. The summed E-state index contributed by atoms with van der Waals surface area (Å²) in [7, 11) is 0. The van der Waals surface area contributed by atoms with Crippen LogP contribution in [0.1, 0.15) is 33.4 Å². The number of carbonyl (C=O) groups excluding carboxylic acids is 3. The molecular weight excluding hydrogens is 856 g/mol. The maximum absolute atomic E-state index is 11.6. The van der Waals surface area contributed by atoms with Crippen molar-refractivity contribution in [3.8, 4) is 0 Å².